The number of carboxylic acid groups (broad SMARTS) is 1. The number of rotatable bonds is 8. The topological polar surface area (TPSA) is 84.4 Å². The van der Waals surface area contributed by atoms with Gasteiger partial charge in [-0.05, 0) is 17.7 Å². The summed E-state index contributed by atoms with van der Waals surface area (Å²) in [6.07, 6.45) is 0. The van der Waals surface area contributed by atoms with Crippen LogP contribution in [0.25, 0.3) is 0 Å². The molecule has 2 aromatic carbocycles. The lowest BCUT2D eigenvalue weighted by atomic mass is 10.1. The van der Waals surface area contributed by atoms with Gasteiger partial charge >= 0.3 is 0 Å². The van der Waals surface area contributed by atoms with Gasteiger partial charge in [-0.2, -0.15) is 0 Å². The second kappa shape index (κ2) is 8.21. The number of quaternary nitrogens is 1. The molecule has 0 saturated heterocycles. The molecule has 2 rings (SSSR count). The fourth-order valence-electron chi connectivity index (χ4n) is 2.50. The fourth-order valence-corrected chi connectivity index (χ4v) is 2.50. The van der Waals surface area contributed by atoms with E-state index >= 15 is 0 Å². The Kier molecular flexibility index (Phi) is 6.03. The van der Waals surface area contributed by atoms with Crippen molar-refractivity contribution in [3.8, 4) is 17.2 Å². The van der Waals surface area contributed by atoms with E-state index in [-0.39, 0.29) is 5.56 Å². The molecule has 0 aliphatic carbocycles. The van der Waals surface area contributed by atoms with E-state index in [1.165, 1.54) is 0 Å². The van der Waals surface area contributed by atoms with Crippen molar-refractivity contribution in [2.45, 2.75) is 13.1 Å². The smallest absolute Gasteiger partial charge is 0.203 e. The van der Waals surface area contributed by atoms with Gasteiger partial charge in [-0.3, -0.25) is 0 Å². The van der Waals surface area contributed by atoms with Gasteiger partial charge < -0.3 is 29.4 Å². The van der Waals surface area contributed by atoms with E-state index in [1.807, 2.05) is 12.1 Å². The second-order valence-corrected chi connectivity index (χ2v) is 5.17. The van der Waals surface area contributed by atoms with Crippen molar-refractivity contribution < 1.29 is 29.4 Å². The van der Waals surface area contributed by atoms with E-state index in [2.05, 4.69) is 5.32 Å². The molecule has 0 aliphatic heterocycles. The highest BCUT2D eigenvalue weighted by Gasteiger charge is 2.16. The summed E-state index contributed by atoms with van der Waals surface area (Å²) in [5, 5.41) is 12.8. The fraction of sp³-hybridized carbons (Fsp3) is 0.278. The highest BCUT2D eigenvalue weighted by atomic mass is 16.5. The first-order valence-electron chi connectivity index (χ1n) is 7.50. The molecule has 2 aromatic rings. The molecule has 0 aliphatic rings. The second-order valence-electron chi connectivity index (χ2n) is 5.17. The van der Waals surface area contributed by atoms with Crippen LogP contribution >= 0.6 is 0 Å². The predicted octanol–water partition coefficient (Wildman–Crippen LogP) is 0.340. The average Bonchev–Trinajstić information content (AvgIpc) is 2.61. The van der Waals surface area contributed by atoms with Crippen LogP contribution in [0.5, 0.6) is 17.2 Å². The number of carboxylic acids is 1. The third-order valence-electron chi connectivity index (χ3n) is 3.72. The Hall–Kier alpha value is -2.73. The van der Waals surface area contributed by atoms with Crippen molar-refractivity contribution in [1.29, 1.82) is 0 Å². The molecule has 2 N–H and O–H groups in total. The Morgan fingerprint density at radius 1 is 0.917 bits per heavy atom. The first-order chi connectivity index (χ1) is 11.6. The summed E-state index contributed by atoms with van der Waals surface area (Å²) in [6.45, 7) is 1.40. The molecular formula is C18H21NO5. The monoisotopic (exact) mass is 331 g/mol. The van der Waals surface area contributed by atoms with Crippen LogP contribution in [-0.2, 0) is 13.1 Å². The molecule has 6 nitrogen and oxygen atoms in total. The van der Waals surface area contributed by atoms with Crippen molar-refractivity contribution in [2.24, 2.45) is 0 Å². The largest absolute Gasteiger partial charge is 0.545 e. The van der Waals surface area contributed by atoms with E-state index in [4.69, 9.17) is 14.2 Å². The molecule has 0 bridgehead atoms. The van der Waals surface area contributed by atoms with Gasteiger partial charge in [-0.15, -0.1) is 0 Å². The molecule has 0 radical (unpaired) electrons. The van der Waals surface area contributed by atoms with Gasteiger partial charge in [-0.1, -0.05) is 24.3 Å². The Morgan fingerprint density at radius 3 is 2.12 bits per heavy atom. The first kappa shape index (κ1) is 17.6. The minimum absolute atomic E-state index is 0.181. The predicted molar refractivity (Wildman–Crippen MR) is 86.2 cm³/mol. The van der Waals surface area contributed by atoms with Crippen LogP contribution in [0.1, 0.15) is 21.5 Å². The standard InChI is InChI=1S/C18H21NO5/c1-22-15-9-8-14(16(23-2)17(15)24-3)11-19-10-12-4-6-13(7-5-12)18(20)21/h4-9,19H,10-11H2,1-3H3,(H,20,21). The Bertz CT molecular complexity index is 697. The number of benzene rings is 2. The minimum atomic E-state index is -1.17. The van der Waals surface area contributed by atoms with Crippen LogP contribution in [0.15, 0.2) is 36.4 Å². The Morgan fingerprint density at radius 2 is 1.58 bits per heavy atom. The SMILES string of the molecule is COc1ccc(C[NH2+]Cc2ccc(C(=O)[O-])cc2)c(OC)c1OC. The van der Waals surface area contributed by atoms with Crippen LogP contribution in [0, 0.1) is 0 Å². The average molecular weight is 331 g/mol. The molecule has 0 unspecified atom stereocenters. The number of ether oxygens (including phenoxy) is 3. The number of nitrogens with two attached hydrogens (primary N) is 1. The van der Waals surface area contributed by atoms with Crippen molar-refractivity contribution in [2.75, 3.05) is 21.3 Å². The summed E-state index contributed by atoms with van der Waals surface area (Å²) in [4.78, 5) is 10.7. The maximum atomic E-state index is 10.7. The number of hydrogen-bond donors (Lipinski definition) is 1. The number of hydrogen-bond acceptors (Lipinski definition) is 5. The normalized spacial score (nSPS) is 10.3. The summed E-state index contributed by atoms with van der Waals surface area (Å²) in [6, 6.07) is 10.5. The first-order valence-corrected chi connectivity index (χ1v) is 7.50. The summed E-state index contributed by atoms with van der Waals surface area (Å²) >= 11 is 0. The van der Waals surface area contributed by atoms with Crippen LogP contribution in [0.3, 0.4) is 0 Å². The molecule has 0 saturated carbocycles. The van der Waals surface area contributed by atoms with E-state index in [9.17, 15) is 9.90 Å². The van der Waals surface area contributed by atoms with E-state index in [1.54, 1.807) is 45.6 Å². The summed E-state index contributed by atoms with van der Waals surface area (Å²) in [5.74, 6) is 0.682. The van der Waals surface area contributed by atoms with Crippen molar-refractivity contribution in [3.63, 3.8) is 0 Å². The van der Waals surface area contributed by atoms with Crippen molar-refractivity contribution in [3.05, 3.63) is 53.1 Å². The Balaban J connectivity index is 2.05. The molecule has 128 valence electrons. The van der Waals surface area contributed by atoms with Gasteiger partial charge in [0, 0.05) is 5.56 Å². The molecule has 24 heavy (non-hydrogen) atoms. The third kappa shape index (κ3) is 3.97. The van der Waals surface area contributed by atoms with Gasteiger partial charge in [-0.25, -0.2) is 0 Å². The van der Waals surface area contributed by atoms with Gasteiger partial charge in [0.05, 0.1) is 32.9 Å². The summed E-state index contributed by atoms with van der Waals surface area (Å²) < 4.78 is 16.1. The summed E-state index contributed by atoms with van der Waals surface area (Å²) in [5.41, 5.74) is 2.20. The van der Waals surface area contributed by atoms with E-state index in [0.717, 1.165) is 11.1 Å². The van der Waals surface area contributed by atoms with E-state index in [0.29, 0.717) is 30.3 Å². The van der Waals surface area contributed by atoms with Gasteiger partial charge in [0.1, 0.15) is 13.1 Å². The van der Waals surface area contributed by atoms with E-state index < -0.39 is 5.97 Å². The van der Waals surface area contributed by atoms with Gasteiger partial charge in [0.15, 0.2) is 11.5 Å². The number of carbonyl (C=O) groups is 1. The lowest BCUT2D eigenvalue weighted by molar-refractivity contribution is -0.686. The maximum absolute atomic E-state index is 10.7. The third-order valence-corrected chi connectivity index (χ3v) is 3.72. The quantitative estimate of drug-likeness (QED) is 0.754. The Labute approximate surface area is 141 Å². The van der Waals surface area contributed by atoms with Crippen LogP contribution < -0.4 is 24.6 Å². The van der Waals surface area contributed by atoms with Crippen molar-refractivity contribution >= 4 is 5.97 Å². The molecule has 0 amide bonds. The molecule has 0 fully saturated rings. The zero-order valence-corrected chi connectivity index (χ0v) is 14.0. The molecule has 0 atom stereocenters. The molecule has 0 aromatic heterocycles. The number of aromatic carboxylic acids is 1. The zero-order valence-electron chi connectivity index (χ0n) is 14.0. The lowest BCUT2D eigenvalue weighted by Crippen LogP contribution is -2.80. The van der Waals surface area contributed by atoms with Gasteiger partial charge in [0.25, 0.3) is 0 Å². The molecule has 6 heteroatoms. The minimum Gasteiger partial charge on any atom is -0.545 e. The van der Waals surface area contributed by atoms with Gasteiger partial charge in [0.2, 0.25) is 5.75 Å². The maximum Gasteiger partial charge on any atom is 0.203 e. The highest BCUT2D eigenvalue weighted by molar-refractivity contribution is 5.85. The molecule has 0 heterocycles. The lowest BCUT2D eigenvalue weighted by Gasteiger charge is -2.15. The molecular weight excluding hydrogens is 310 g/mol. The zero-order chi connectivity index (χ0) is 17.5. The van der Waals surface area contributed by atoms with Crippen molar-refractivity contribution in [1.82, 2.24) is 0 Å². The van der Waals surface area contributed by atoms with Crippen LogP contribution in [-0.4, -0.2) is 27.3 Å². The highest BCUT2D eigenvalue weighted by Crippen LogP contribution is 2.39. The molecule has 0 spiro atoms. The van der Waals surface area contributed by atoms with Crippen LogP contribution in [0.2, 0.25) is 0 Å². The van der Waals surface area contributed by atoms with Crippen LogP contribution in [0.4, 0.5) is 0 Å². The number of methoxy groups -OCH3 is 3. The summed E-state index contributed by atoms with van der Waals surface area (Å²) in [7, 11) is 4.76. The number of carbonyl (C=O) groups excluding carboxylic acids is 1.